The number of hydrogen-bond donors (Lipinski definition) is 1. The number of aromatic nitrogens is 4. The van der Waals surface area contributed by atoms with Gasteiger partial charge in [-0.2, -0.15) is 5.10 Å². The first-order chi connectivity index (χ1) is 9.65. The zero-order valence-corrected chi connectivity index (χ0v) is 12.4. The maximum atomic E-state index is 5.87. The lowest BCUT2D eigenvalue weighted by molar-refractivity contribution is 0.450. The van der Waals surface area contributed by atoms with Gasteiger partial charge in [0, 0.05) is 13.6 Å². The smallest absolute Gasteiger partial charge is 0.228 e. The van der Waals surface area contributed by atoms with E-state index in [0.29, 0.717) is 11.6 Å². The van der Waals surface area contributed by atoms with E-state index in [4.69, 9.17) is 4.74 Å². The first kappa shape index (κ1) is 14.3. The second kappa shape index (κ2) is 6.36. The fourth-order valence-electron chi connectivity index (χ4n) is 2.04. The van der Waals surface area contributed by atoms with Gasteiger partial charge in [0.05, 0.1) is 18.0 Å². The van der Waals surface area contributed by atoms with Crippen LogP contribution in [0.4, 0.5) is 5.82 Å². The van der Waals surface area contributed by atoms with Crippen LogP contribution >= 0.6 is 0 Å². The van der Waals surface area contributed by atoms with E-state index in [9.17, 15) is 0 Å². The summed E-state index contributed by atoms with van der Waals surface area (Å²) in [6.45, 7) is 7.18. The van der Waals surface area contributed by atoms with Gasteiger partial charge in [-0.25, -0.2) is 9.97 Å². The number of nitrogens with zero attached hydrogens (tertiary/aromatic N) is 4. The van der Waals surface area contributed by atoms with E-state index in [0.717, 1.165) is 24.3 Å². The second-order valence-electron chi connectivity index (χ2n) is 4.89. The van der Waals surface area contributed by atoms with Gasteiger partial charge in [0.15, 0.2) is 5.75 Å². The molecule has 6 nitrogen and oxygen atoms in total. The Bertz CT molecular complexity index is 564. The fourth-order valence-corrected chi connectivity index (χ4v) is 2.04. The van der Waals surface area contributed by atoms with Crippen molar-refractivity contribution in [2.45, 2.75) is 39.7 Å². The van der Waals surface area contributed by atoms with Crippen molar-refractivity contribution in [3.8, 4) is 11.6 Å². The zero-order valence-electron chi connectivity index (χ0n) is 12.4. The lowest BCUT2D eigenvalue weighted by atomic mass is 10.1. The molecule has 0 aliphatic heterocycles. The summed E-state index contributed by atoms with van der Waals surface area (Å²) in [5.74, 6) is 2.33. The SMILES string of the molecule is CCCn1cc(Oc2ncnc(NC)c2C(C)C)cn1. The van der Waals surface area contributed by atoms with E-state index in [2.05, 4.69) is 41.2 Å². The molecule has 0 radical (unpaired) electrons. The molecule has 0 fully saturated rings. The Morgan fingerprint density at radius 2 is 2.15 bits per heavy atom. The van der Waals surface area contributed by atoms with Crippen LogP contribution in [0.1, 0.15) is 38.7 Å². The number of ether oxygens (including phenoxy) is 1. The largest absolute Gasteiger partial charge is 0.435 e. The maximum Gasteiger partial charge on any atom is 0.228 e. The highest BCUT2D eigenvalue weighted by molar-refractivity contribution is 5.50. The standard InChI is InChI=1S/C14H21N5O/c1-5-6-19-8-11(7-18-19)20-14-12(10(2)3)13(15-4)16-9-17-14/h7-10H,5-6H2,1-4H3,(H,15,16,17). The quantitative estimate of drug-likeness (QED) is 0.877. The lowest BCUT2D eigenvalue weighted by Crippen LogP contribution is -2.04. The number of rotatable bonds is 6. The summed E-state index contributed by atoms with van der Waals surface area (Å²) in [7, 11) is 1.84. The average Bonchev–Trinajstić information content (AvgIpc) is 2.86. The van der Waals surface area contributed by atoms with Crippen LogP contribution in [0.5, 0.6) is 11.6 Å². The van der Waals surface area contributed by atoms with Crippen LogP contribution < -0.4 is 10.1 Å². The third-order valence-electron chi connectivity index (χ3n) is 2.94. The van der Waals surface area contributed by atoms with E-state index < -0.39 is 0 Å². The van der Waals surface area contributed by atoms with Gasteiger partial charge in [-0.15, -0.1) is 0 Å². The van der Waals surface area contributed by atoms with Crippen LogP contribution in [-0.4, -0.2) is 26.8 Å². The highest BCUT2D eigenvalue weighted by Crippen LogP contribution is 2.32. The number of nitrogens with one attached hydrogen (secondary N) is 1. The van der Waals surface area contributed by atoms with Crippen molar-refractivity contribution in [3.63, 3.8) is 0 Å². The molecule has 6 heteroatoms. The van der Waals surface area contributed by atoms with Crippen LogP contribution in [-0.2, 0) is 6.54 Å². The molecule has 20 heavy (non-hydrogen) atoms. The Kier molecular flexibility index (Phi) is 4.55. The zero-order chi connectivity index (χ0) is 14.5. The summed E-state index contributed by atoms with van der Waals surface area (Å²) < 4.78 is 7.73. The summed E-state index contributed by atoms with van der Waals surface area (Å²) in [4.78, 5) is 8.48. The van der Waals surface area contributed by atoms with Gasteiger partial charge in [0.25, 0.3) is 0 Å². The van der Waals surface area contributed by atoms with Crippen LogP contribution in [0, 0.1) is 0 Å². The molecule has 2 aromatic heterocycles. The van der Waals surface area contributed by atoms with Crippen molar-refractivity contribution in [3.05, 3.63) is 24.3 Å². The molecule has 0 saturated carbocycles. The number of anilines is 1. The van der Waals surface area contributed by atoms with Gasteiger partial charge in [-0.1, -0.05) is 20.8 Å². The Morgan fingerprint density at radius 1 is 1.35 bits per heavy atom. The lowest BCUT2D eigenvalue weighted by Gasteiger charge is -2.14. The maximum absolute atomic E-state index is 5.87. The summed E-state index contributed by atoms with van der Waals surface area (Å²) in [6.07, 6.45) is 6.13. The molecular weight excluding hydrogens is 254 g/mol. The molecule has 0 atom stereocenters. The molecule has 1 N–H and O–H groups in total. The van der Waals surface area contributed by atoms with Crippen LogP contribution in [0.25, 0.3) is 0 Å². The average molecular weight is 275 g/mol. The fraction of sp³-hybridized carbons (Fsp3) is 0.500. The topological polar surface area (TPSA) is 64.9 Å². The van der Waals surface area contributed by atoms with E-state index in [-0.39, 0.29) is 5.92 Å². The first-order valence-corrected chi connectivity index (χ1v) is 6.88. The Morgan fingerprint density at radius 3 is 2.80 bits per heavy atom. The molecule has 0 spiro atoms. The molecule has 2 rings (SSSR count). The van der Waals surface area contributed by atoms with E-state index in [1.807, 2.05) is 17.9 Å². The summed E-state index contributed by atoms with van der Waals surface area (Å²) in [6, 6.07) is 0. The minimum Gasteiger partial charge on any atom is -0.435 e. The first-order valence-electron chi connectivity index (χ1n) is 6.88. The third-order valence-corrected chi connectivity index (χ3v) is 2.94. The van der Waals surface area contributed by atoms with Crippen molar-refractivity contribution in [1.29, 1.82) is 0 Å². The third kappa shape index (κ3) is 3.07. The van der Waals surface area contributed by atoms with Gasteiger partial charge in [0.1, 0.15) is 12.1 Å². The van der Waals surface area contributed by atoms with Crippen molar-refractivity contribution in [1.82, 2.24) is 19.7 Å². The van der Waals surface area contributed by atoms with Crippen LogP contribution in [0.3, 0.4) is 0 Å². The number of aryl methyl sites for hydroxylation is 1. The van der Waals surface area contributed by atoms with Gasteiger partial charge in [-0.05, 0) is 12.3 Å². The molecule has 0 aliphatic carbocycles. The molecule has 108 valence electrons. The Hall–Kier alpha value is -2.11. The van der Waals surface area contributed by atoms with E-state index in [1.54, 1.807) is 6.20 Å². The van der Waals surface area contributed by atoms with Gasteiger partial charge >= 0.3 is 0 Å². The summed E-state index contributed by atoms with van der Waals surface area (Å²) in [5.41, 5.74) is 0.971. The molecule has 0 amide bonds. The molecule has 2 heterocycles. The predicted molar refractivity (Wildman–Crippen MR) is 78.3 cm³/mol. The monoisotopic (exact) mass is 275 g/mol. The molecule has 0 saturated heterocycles. The highest BCUT2D eigenvalue weighted by atomic mass is 16.5. The van der Waals surface area contributed by atoms with Gasteiger partial charge in [-0.3, -0.25) is 4.68 Å². The Labute approximate surface area is 119 Å². The van der Waals surface area contributed by atoms with Crippen molar-refractivity contribution >= 4 is 5.82 Å². The molecule has 2 aromatic rings. The molecular formula is C14H21N5O. The van der Waals surface area contributed by atoms with Crippen molar-refractivity contribution in [2.75, 3.05) is 12.4 Å². The van der Waals surface area contributed by atoms with Crippen molar-refractivity contribution in [2.24, 2.45) is 0 Å². The van der Waals surface area contributed by atoms with Crippen LogP contribution in [0.15, 0.2) is 18.7 Å². The second-order valence-corrected chi connectivity index (χ2v) is 4.89. The van der Waals surface area contributed by atoms with Gasteiger partial charge in [0.2, 0.25) is 5.88 Å². The van der Waals surface area contributed by atoms with E-state index >= 15 is 0 Å². The van der Waals surface area contributed by atoms with Gasteiger partial charge < -0.3 is 10.1 Å². The minimum atomic E-state index is 0.263. The van der Waals surface area contributed by atoms with Crippen molar-refractivity contribution < 1.29 is 4.74 Å². The highest BCUT2D eigenvalue weighted by Gasteiger charge is 2.16. The number of hydrogen-bond acceptors (Lipinski definition) is 5. The normalized spacial score (nSPS) is 10.8. The molecule has 0 aliphatic rings. The molecule has 0 unspecified atom stereocenters. The van der Waals surface area contributed by atoms with Crippen LogP contribution in [0.2, 0.25) is 0 Å². The molecule has 0 aromatic carbocycles. The minimum absolute atomic E-state index is 0.263. The predicted octanol–water partition coefficient (Wildman–Crippen LogP) is 3.04. The molecule has 0 bridgehead atoms. The summed E-state index contributed by atoms with van der Waals surface area (Å²) >= 11 is 0. The van der Waals surface area contributed by atoms with E-state index in [1.165, 1.54) is 6.33 Å². The summed E-state index contributed by atoms with van der Waals surface area (Å²) in [5, 5.41) is 7.33. The Balaban J connectivity index is 2.27.